The molecule has 2 nitrogen and oxygen atoms in total. The molecule has 0 saturated carbocycles. The van der Waals surface area contributed by atoms with Crippen LogP contribution in [0.3, 0.4) is 0 Å². The van der Waals surface area contributed by atoms with Crippen LogP contribution >= 0.6 is 0 Å². The molecule has 2 heteroatoms. The summed E-state index contributed by atoms with van der Waals surface area (Å²) in [5.41, 5.74) is 9.35. The van der Waals surface area contributed by atoms with Gasteiger partial charge in [0.15, 0.2) is 0 Å². The summed E-state index contributed by atoms with van der Waals surface area (Å²) < 4.78 is 5.14. The van der Waals surface area contributed by atoms with Crippen LogP contribution in [0.2, 0.25) is 0 Å². The highest BCUT2D eigenvalue weighted by molar-refractivity contribution is 5.64. The summed E-state index contributed by atoms with van der Waals surface area (Å²) in [6, 6.07) is 16.5. The minimum Gasteiger partial charge on any atom is -0.497 e. The van der Waals surface area contributed by atoms with E-state index in [1.165, 1.54) is 11.1 Å². The molecule has 0 unspecified atom stereocenters. The van der Waals surface area contributed by atoms with Gasteiger partial charge >= 0.3 is 0 Å². The molecular weight excluding hydrogens is 210 g/mol. The summed E-state index contributed by atoms with van der Waals surface area (Å²) in [5.74, 6) is 0.876. The van der Waals surface area contributed by atoms with Crippen LogP contribution in [0.25, 0.3) is 11.1 Å². The molecule has 2 aromatic rings. The van der Waals surface area contributed by atoms with Crippen molar-refractivity contribution in [2.24, 2.45) is 5.73 Å². The van der Waals surface area contributed by atoms with Crippen LogP contribution in [-0.4, -0.2) is 7.11 Å². The lowest BCUT2D eigenvalue weighted by Gasteiger charge is -2.07. The molecule has 0 aliphatic heterocycles. The second kappa shape index (κ2) is 5.02. The molecule has 0 saturated heterocycles. The van der Waals surface area contributed by atoms with Crippen molar-refractivity contribution >= 4 is 0 Å². The number of nitrogens with two attached hydrogens (primary N) is 1. The highest BCUT2D eigenvalue weighted by Crippen LogP contribution is 2.23. The second-order valence-corrected chi connectivity index (χ2v) is 4.14. The van der Waals surface area contributed by atoms with Crippen LogP contribution in [0.4, 0.5) is 0 Å². The Morgan fingerprint density at radius 3 is 1.76 bits per heavy atom. The zero-order valence-corrected chi connectivity index (χ0v) is 10.2. The van der Waals surface area contributed by atoms with E-state index in [4.69, 9.17) is 10.5 Å². The van der Waals surface area contributed by atoms with Gasteiger partial charge in [-0.3, -0.25) is 0 Å². The maximum absolute atomic E-state index is 5.82. The van der Waals surface area contributed by atoms with Crippen molar-refractivity contribution in [1.82, 2.24) is 0 Å². The van der Waals surface area contributed by atoms with Gasteiger partial charge in [-0.2, -0.15) is 0 Å². The standard InChI is InChI=1S/C15H17NO/c1-11(16)12-3-5-13(6-4-12)14-7-9-15(17-2)10-8-14/h3-11H,16H2,1-2H3/t11-/m0/s1. The topological polar surface area (TPSA) is 35.2 Å². The molecule has 2 rings (SSSR count). The quantitative estimate of drug-likeness (QED) is 0.872. The first-order chi connectivity index (χ1) is 8.20. The smallest absolute Gasteiger partial charge is 0.118 e. The third-order valence-corrected chi connectivity index (χ3v) is 2.86. The largest absolute Gasteiger partial charge is 0.497 e. The zero-order valence-electron chi connectivity index (χ0n) is 10.2. The zero-order chi connectivity index (χ0) is 12.3. The van der Waals surface area contributed by atoms with Gasteiger partial charge in [0.1, 0.15) is 5.75 Å². The molecule has 0 heterocycles. The van der Waals surface area contributed by atoms with Crippen LogP contribution in [0.1, 0.15) is 18.5 Å². The van der Waals surface area contributed by atoms with E-state index in [1.54, 1.807) is 7.11 Å². The maximum atomic E-state index is 5.82. The lowest BCUT2D eigenvalue weighted by Crippen LogP contribution is -2.04. The Kier molecular flexibility index (Phi) is 3.45. The van der Waals surface area contributed by atoms with Crippen LogP contribution in [-0.2, 0) is 0 Å². The van der Waals surface area contributed by atoms with Crippen molar-refractivity contribution in [3.63, 3.8) is 0 Å². The highest BCUT2D eigenvalue weighted by Gasteiger charge is 2.01. The van der Waals surface area contributed by atoms with Crippen molar-refractivity contribution in [3.8, 4) is 16.9 Å². The maximum Gasteiger partial charge on any atom is 0.118 e. The lowest BCUT2D eigenvalue weighted by molar-refractivity contribution is 0.415. The predicted molar refractivity (Wildman–Crippen MR) is 71.0 cm³/mol. The summed E-state index contributed by atoms with van der Waals surface area (Å²) in [7, 11) is 1.67. The van der Waals surface area contributed by atoms with E-state index in [2.05, 4.69) is 36.4 Å². The first-order valence-corrected chi connectivity index (χ1v) is 5.70. The molecule has 0 bridgehead atoms. The Hall–Kier alpha value is -1.80. The molecular formula is C15H17NO. The summed E-state index contributed by atoms with van der Waals surface area (Å²) in [6.45, 7) is 1.99. The summed E-state index contributed by atoms with van der Waals surface area (Å²) in [5, 5.41) is 0. The third kappa shape index (κ3) is 2.66. The average molecular weight is 227 g/mol. The van der Waals surface area contributed by atoms with Gasteiger partial charge in [0.25, 0.3) is 0 Å². The van der Waals surface area contributed by atoms with Crippen molar-refractivity contribution in [2.75, 3.05) is 7.11 Å². The number of hydrogen-bond donors (Lipinski definition) is 1. The van der Waals surface area contributed by atoms with Crippen molar-refractivity contribution < 1.29 is 4.74 Å². The summed E-state index contributed by atoms with van der Waals surface area (Å²) in [4.78, 5) is 0. The molecule has 0 amide bonds. The van der Waals surface area contributed by atoms with Crippen molar-refractivity contribution in [3.05, 3.63) is 54.1 Å². The Balaban J connectivity index is 2.26. The van der Waals surface area contributed by atoms with Gasteiger partial charge in [0.05, 0.1) is 7.11 Å². The minimum atomic E-state index is 0.0833. The number of hydrogen-bond acceptors (Lipinski definition) is 2. The van der Waals surface area contributed by atoms with Gasteiger partial charge in [-0.1, -0.05) is 36.4 Å². The second-order valence-electron chi connectivity index (χ2n) is 4.14. The van der Waals surface area contributed by atoms with E-state index in [0.29, 0.717) is 0 Å². The van der Waals surface area contributed by atoms with Crippen LogP contribution < -0.4 is 10.5 Å². The summed E-state index contributed by atoms with van der Waals surface area (Å²) >= 11 is 0. The first-order valence-electron chi connectivity index (χ1n) is 5.70. The predicted octanol–water partition coefficient (Wildman–Crippen LogP) is 3.38. The van der Waals surface area contributed by atoms with Gasteiger partial charge in [-0.05, 0) is 35.7 Å². The third-order valence-electron chi connectivity index (χ3n) is 2.86. The molecule has 2 N–H and O–H groups in total. The van der Waals surface area contributed by atoms with E-state index in [9.17, 15) is 0 Å². The molecule has 88 valence electrons. The molecule has 17 heavy (non-hydrogen) atoms. The minimum absolute atomic E-state index is 0.0833. The molecule has 0 spiro atoms. The van der Waals surface area contributed by atoms with Gasteiger partial charge in [0, 0.05) is 6.04 Å². The molecule has 0 aromatic heterocycles. The molecule has 1 atom stereocenters. The monoisotopic (exact) mass is 227 g/mol. The summed E-state index contributed by atoms with van der Waals surface area (Å²) in [6.07, 6.45) is 0. The lowest BCUT2D eigenvalue weighted by atomic mass is 10.0. The molecule has 0 radical (unpaired) electrons. The first kappa shape index (κ1) is 11.7. The van der Waals surface area contributed by atoms with Crippen LogP contribution in [0.15, 0.2) is 48.5 Å². The van der Waals surface area contributed by atoms with Gasteiger partial charge in [-0.15, -0.1) is 0 Å². The van der Waals surface area contributed by atoms with Gasteiger partial charge in [-0.25, -0.2) is 0 Å². The van der Waals surface area contributed by atoms with E-state index in [0.717, 1.165) is 11.3 Å². The molecule has 0 aliphatic rings. The fraction of sp³-hybridized carbons (Fsp3) is 0.200. The van der Waals surface area contributed by atoms with E-state index < -0.39 is 0 Å². The van der Waals surface area contributed by atoms with Crippen molar-refractivity contribution in [1.29, 1.82) is 0 Å². The average Bonchev–Trinajstić information content (AvgIpc) is 2.39. The molecule has 2 aromatic carbocycles. The van der Waals surface area contributed by atoms with Gasteiger partial charge in [0.2, 0.25) is 0 Å². The van der Waals surface area contributed by atoms with Crippen LogP contribution in [0.5, 0.6) is 5.75 Å². The number of ether oxygens (including phenoxy) is 1. The normalized spacial score (nSPS) is 12.2. The van der Waals surface area contributed by atoms with Crippen LogP contribution in [0, 0.1) is 0 Å². The Bertz CT molecular complexity index is 471. The highest BCUT2D eigenvalue weighted by atomic mass is 16.5. The van der Waals surface area contributed by atoms with Crippen molar-refractivity contribution in [2.45, 2.75) is 13.0 Å². The Morgan fingerprint density at radius 2 is 1.35 bits per heavy atom. The number of rotatable bonds is 3. The SMILES string of the molecule is COc1ccc(-c2ccc([C@H](C)N)cc2)cc1. The van der Waals surface area contributed by atoms with E-state index in [1.807, 2.05) is 19.1 Å². The molecule has 0 fully saturated rings. The van der Waals surface area contributed by atoms with E-state index in [-0.39, 0.29) is 6.04 Å². The molecule has 0 aliphatic carbocycles. The van der Waals surface area contributed by atoms with Gasteiger partial charge < -0.3 is 10.5 Å². The Labute approximate surface area is 102 Å². The number of benzene rings is 2. The fourth-order valence-corrected chi connectivity index (χ4v) is 1.76. The van der Waals surface area contributed by atoms with E-state index >= 15 is 0 Å². The number of methoxy groups -OCH3 is 1. The fourth-order valence-electron chi connectivity index (χ4n) is 1.76. The Morgan fingerprint density at radius 1 is 0.882 bits per heavy atom.